The van der Waals surface area contributed by atoms with Crippen molar-refractivity contribution >= 4 is 23.1 Å². The van der Waals surface area contributed by atoms with E-state index in [2.05, 4.69) is 9.88 Å². The van der Waals surface area contributed by atoms with Gasteiger partial charge in [-0.1, -0.05) is 18.2 Å². The van der Waals surface area contributed by atoms with Gasteiger partial charge < -0.3 is 24.0 Å². The van der Waals surface area contributed by atoms with Crippen LogP contribution >= 0.6 is 0 Å². The van der Waals surface area contributed by atoms with Gasteiger partial charge in [-0.3, -0.25) is 14.4 Å². The SMILES string of the molecule is O=C(C=C(O)c1cc(Cc2cc(F)cc(F)c2F)cn(Cc2ccccc2F)c1=O)C(=O)N1CCN(c2ccc(-n3ccnc3)cc2)CC1. The van der Waals surface area contributed by atoms with E-state index in [-0.39, 0.29) is 36.3 Å². The molecule has 6 rings (SSSR count). The predicted molar refractivity (Wildman–Crippen MR) is 173 cm³/mol. The van der Waals surface area contributed by atoms with Crippen LogP contribution < -0.4 is 10.5 Å². The first-order valence-corrected chi connectivity index (χ1v) is 15.2. The summed E-state index contributed by atoms with van der Waals surface area (Å²) in [6.45, 7) is 1.02. The second-order valence-corrected chi connectivity index (χ2v) is 11.5. The molecular formula is C36H29F4N5O4. The Kier molecular flexibility index (Phi) is 9.42. The zero-order valence-corrected chi connectivity index (χ0v) is 25.9. The fraction of sp³-hybridized carbons (Fsp3) is 0.167. The van der Waals surface area contributed by atoms with E-state index in [4.69, 9.17) is 0 Å². The summed E-state index contributed by atoms with van der Waals surface area (Å²) in [6.07, 6.45) is 6.66. The van der Waals surface area contributed by atoms with Crippen LogP contribution in [0.3, 0.4) is 0 Å². The van der Waals surface area contributed by atoms with Crippen molar-refractivity contribution < 1.29 is 32.3 Å². The largest absolute Gasteiger partial charge is 0.507 e. The normalized spacial score (nSPS) is 13.5. The number of imidazole rings is 1. The third-order valence-corrected chi connectivity index (χ3v) is 8.24. The molecule has 3 heterocycles. The maximum Gasteiger partial charge on any atom is 0.294 e. The number of ketones is 1. The third kappa shape index (κ3) is 7.30. The van der Waals surface area contributed by atoms with Crippen LogP contribution in [-0.2, 0) is 22.6 Å². The molecule has 0 atom stereocenters. The summed E-state index contributed by atoms with van der Waals surface area (Å²) < 4.78 is 59.7. The van der Waals surface area contributed by atoms with Crippen LogP contribution in [0.4, 0.5) is 23.2 Å². The topological polar surface area (TPSA) is 101 Å². The molecule has 0 unspecified atom stereocenters. The zero-order valence-electron chi connectivity index (χ0n) is 25.9. The number of nitrogens with zero attached hydrogens (tertiary/aromatic N) is 5. The fourth-order valence-corrected chi connectivity index (χ4v) is 5.70. The fourth-order valence-electron chi connectivity index (χ4n) is 5.70. The average Bonchev–Trinajstić information content (AvgIpc) is 3.64. The number of amides is 1. The number of benzene rings is 3. The summed E-state index contributed by atoms with van der Waals surface area (Å²) in [5, 5.41) is 11.0. The zero-order chi connectivity index (χ0) is 34.7. The van der Waals surface area contributed by atoms with E-state index in [9.17, 15) is 37.1 Å². The van der Waals surface area contributed by atoms with E-state index in [0.29, 0.717) is 25.2 Å². The van der Waals surface area contributed by atoms with Crippen LogP contribution in [0.15, 0.2) is 103 Å². The number of carbonyl (C=O) groups is 2. The number of carbonyl (C=O) groups excluding carboxylic acids is 2. The van der Waals surface area contributed by atoms with E-state index >= 15 is 0 Å². The summed E-state index contributed by atoms with van der Waals surface area (Å²) in [4.78, 5) is 47.0. The molecule has 1 saturated heterocycles. The number of piperazine rings is 1. The van der Waals surface area contributed by atoms with E-state index in [1.54, 1.807) is 18.6 Å². The minimum atomic E-state index is -1.41. The average molecular weight is 672 g/mol. The number of halogens is 4. The molecule has 1 fully saturated rings. The molecule has 0 bridgehead atoms. The number of aliphatic hydroxyl groups is 1. The Balaban J connectivity index is 1.21. The van der Waals surface area contributed by atoms with E-state index < -0.39 is 58.3 Å². The number of anilines is 1. The van der Waals surface area contributed by atoms with Gasteiger partial charge in [-0.15, -0.1) is 0 Å². The number of aromatic nitrogens is 3. The second kappa shape index (κ2) is 14.0. The lowest BCUT2D eigenvalue weighted by Crippen LogP contribution is -2.50. The highest BCUT2D eigenvalue weighted by atomic mass is 19.2. The quantitative estimate of drug-likeness (QED) is 0.0775. The highest BCUT2D eigenvalue weighted by Crippen LogP contribution is 2.22. The van der Waals surface area contributed by atoms with Gasteiger partial charge in [0.25, 0.3) is 11.5 Å². The Hall–Kier alpha value is -5.98. The molecule has 3 aromatic carbocycles. The molecule has 1 aliphatic heterocycles. The molecule has 0 spiro atoms. The first-order chi connectivity index (χ1) is 23.6. The van der Waals surface area contributed by atoms with Gasteiger partial charge in [0, 0.05) is 80.3 Å². The number of aliphatic hydroxyl groups excluding tert-OH is 1. The highest BCUT2D eigenvalue weighted by molar-refractivity contribution is 6.41. The lowest BCUT2D eigenvalue weighted by Gasteiger charge is -2.35. The lowest BCUT2D eigenvalue weighted by atomic mass is 10.0. The Bertz CT molecular complexity index is 2110. The van der Waals surface area contributed by atoms with Crippen LogP contribution in [0.2, 0.25) is 0 Å². The van der Waals surface area contributed by atoms with Gasteiger partial charge in [-0.25, -0.2) is 22.5 Å². The molecule has 1 aliphatic rings. The van der Waals surface area contributed by atoms with Crippen LogP contribution in [0.25, 0.3) is 11.4 Å². The van der Waals surface area contributed by atoms with Crippen molar-refractivity contribution in [1.82, 2.24) is 19.0 Å². The van der Waals surface area contributed by atoms with Crippen molar-refractivity contribution in [2.24, 2.45) is 0 Å². The van der Waals surface area contributed by atoms with E-state index in [0.717, 1.165) is 28.1 Å². The van der Waals surface area contributed by atoms with Gasteiger partial charge in [-0.2, -0.15) is 0 Å². The molecule has 1 N–H and O–H groups in total. The van der Waals surface area contributed by atoms with Gasteiger partial charge >= 0.3 is 0 Å². The van der Waals surface area contributed by atoms with Gasteiger partial charge in [0.1, 0.15) is 17.4 Å². The Morgan fingerprint density at radius 2 is 1.57 bits per heavy atom. The second-order valence-electron chi connectivity index (χ2n) is 11.5. The molecule has 250 valence electrons. The van der Waals surface area contributed by atoms with E-state index in [1.165, 1.54) is 29.3 Å². The Morgan fingerprint density at radius 3 is 2.27 bits per heavy atom. The number of pyridine rings is 1. The first kappa shape index (κ1) is 32.9. The smallest absolute Gasteiger partial charge is 0.294 e. The van der Waals surface area contributed by atoms with Crippen molar-refractivity contribution in [1.29, 1.82) is 0 Å². The first-order valence-electron chi connectivity index (χ1n) is 15.2. The molecule has 0 radical (unpaired) electrons. The summed E-state index contributed by atoms with van der Waals surface area (Å²) in [5.41, 5.74) is 0.429. The van der Waals surface area contributed by atoms with Crippen molar-refractivity contribution in [3.63, 3.8) is 0 Å². The van der Waals surface area contributed by atoms with Gasteiger partial charge in [-0.05, 0) is 53.6 Å². The molecule has 49 heavy (non-hydrogen) atoms. The van der Waals surface area contributed by atoms with Crippen LogP contribution in [0.5, 0.6) is 0 Å². The summed E-state index contributed by atoms with van der Waals surface area (Å²) in [7, 11) is 0. The molecule has 5 aromatic rings. The van der Waals surface area contributed by atoms with Crippen LogP contribution in [0, 0.1) is 23.3 Å². The monoisotopic (exact) mass is 671 g/mol. The number of hydrogen-bond acceptors (Lipinski definition) is 6. The Morgan fingerprint density at radius 1 is 0.857 bits per heavy atom. The Labute approximate surface area is 277 Å². The third-order valence-electron chi connectivity index (χ3n) is 8.24. The van der Waals surface area contributed by atoms with Crippen molar-refractivity contribution in [2.75, 3.05) is 31.1 Å². The molecule has 1 amide bonds. The van der Waals surface area contributed by atoms with Crippen molar-refractivity contribution in [3.8, 4) is 5.69 Å². The van der Waals surface area contributed by atoms with Crippen molar-refractivity contribution in [2.45, 2.75) is 13.0 Å². The standard InChI is InChI=1S/C36H29F4N5O4/c37-26-17-25(34(40)31(39)18-26)15-23-16-29(35(48)45(20-23)21-24-3-1-2-4-30(24)38)32(46)19-33(47)36(49)43-13-11-42(12-14-43)27-5-7-28(8-6-27)44-10-9-41-22-44/h1-10,16-20,22,46H,11-15,21H2. The number of rotatable bonds is 9. The molecule has 9 nitrogen and oxygen atoms in total. The van der Waals surface area contributed by atoms with Crippen molar-refractivity contribution in [3.05, 3.63) is 154 Å². The van der Waals surface area contributed by atoms with Crippen LogP contribution in [0.1, 0.15) is 22.3 Å². The molecule has 0 saturated carbocycles. The molecule has 13 heteroatoms. The van der Waals surface area contributed by atoms with Gasteiger partial charge in [0.2, 0.25) is 5.78 Å². The molecule has 2 aromatic heterocycles. The summed E-state index contributed by atoms with van der Waals surface area (Å²) >= 11 is 0. The highest BCUT2D eigenvalue weighted by Gasteiger charge is 2.26. The number of hydrogen-bond donors (Lipinski definition) is 1. The molecule has 0 aliphatic carbocycles. The maximum atomic E-state index is 14.5. The summed E-state index contributed by atoms with van der Waals surface area (Å²) in [6, 6.07) is 15.7. The minimum Gasteiger partial charge on any atom is -0.507 e. The van der Waals surface area contributed by atoms with E-state index in [1.807, 2.05) is 35.0 Å². The minimum absolute atomic E-state index is 0.110. The maximum absolute atomic E-state index is 14.5. The van der Waals surface area contributed by atoms with Gasteiger partial charge in [0.15, 0.2) is 11.6 Å². The van der Waals surface area contributed by atoms with Crippen LogP contribution in [-0.4, -0.2) is 62.0 Å². The lowest BCUT2D eigenvalue weighted by molar-refractivity contribution is -0.142. The van der Waals surface area contributed by atoms with Gasteiger partial charge in [0.05, 0.1) is 18.4 Å². The summed E-state index contributed by atoms with van der Waals surface area (Å²) in [5.74, 6) is -7.18. The molecular weight excluding hydrogens is 642 g/mol. The predicted octanol–water partition coefficient (Wildman–Crippen LogP) is 5.05.